The number of aromatic nitrogens is 2. The van der Waals surface area contributed by atoms with Crippen molar-refractivity contribution in [1.29, 1.82) is 0 Å². The summed E-state index contributed by atoms with van der Waals surface area (Å²) in [5.41, 5.74) is 1.86. The Morgan fingerprint density at radius 3 is 2.90 bits per heavy atom. The lowest BCUT2D eigenvalue weighted by molar-refractivity contribution is 0.199. The normalized spacial score (nSPS) is 16.1. The van der Waals surface area contributed by atoms with Crippen molar-refractivity contribution in [2.45, 2.75) is 45.3 Å². The van der Waals surface area contributed by atoms with Gasteiger partial charge in [0.1, 0.15) is 5.75 Å². The predicted octanol–water partition coefficient (Wildman–Crippen LogP) is 2.89. The Morgan fingerprint density at radius 2 is 2.25 bits per heavy atom. The van der Waals surface area contributed by atoms with Crippen LogP contribution in [0.5, 0.6) is 5.75 Å². The predicted molar refractivity (Wildman–Crippen MR) is 72.4 cm³/mol. The van der Waals surface area contributed by atoms with Gasteiger partial charge >= 0.3 is 0 Å². The standard InChI is InChI=1S/C15H18N2O3/c1-9-7-12(10(2)18)5-6-13(9)19-8-14-16-15(20-17-14)11-3-4-11/h5-7,10-11,18H,3-4,8H2,1-2H3/t10-/m1/s1. The smallest absolute Gasteiger partial charge is 0.229 e. The van der Waals surface area contributed by atoms with Crippen LogP contribution < -0.4 is 4.74 Å². The summed E-state index contributed by atoms with van der Waals surface area (Å²) in [7, 11) is 0. The minimum absolute atomic E-state index is 0.297. The first-order chi connectivity index (χ1) is 9.63. The van der Waals surface area contributed by atoms with Crippen LogP contribution in [0.15, 0.2) is 22.7 Å². The summed E-state index contributed by atoms with van der Waals surface area (Å²) in [5.74, 6) is 2.53. The second kappa shape index (κ2) is 5.25. The Bertz CT molecular complexity index is 603. The van der Waals surface area contributed by atoms with Crippen LogP contribution in [0.3, 0.4) is 0 Å². The molecule has 0 bridgehead atoms. The lowest BCUT2D eigenvalue weighted by Gasteiger charge is -2.10. The molecule has 3 rings (SSSR count). The number of rotatable bonds is 5. The van der Waals surface area contributed by atoms with E-state index in [4.69, 9.17) is 9.26 Å². The number of benzene rings is 1. The molecule has 0 saturated heterocycles. The van der Waals surface area contributed by atoms with Crippen molar-refractivity contribution in [2.24, 2.45) is 0 Å². The fourth-order valence-corrected chi connectivity index (χ4v) is 2.06. The minimum atomic E-state index is -0.471. The zero-order chi connectivity index (χ0) is 14.1. The fourth-order valence-electron chi connectivity index (χ4n) is 2.06. The Hall–Kier alpha value is -1.88. The summed E-state index contributed by atoms with van der Waals surface area (Å²) in [6.45, 7) is 3.99. The highest BCUT2D eigenvalue weighted by atomic mass is 16.5. The van der Waals surface area contributed by atoms with Gasteiger partial charge in [0.2, 0.25) is 11.7 Å². The highest BCUT2D eigenvalue weighted by Crippen LogP contribution is 2.38. The molecule has 1 heterocycles. The Morgan fingerprint density at radius 1 is 1.45 bits per heavy atom. The third kappa shape index (κ3) is 2.82. The van der Waals surface area contributed by atoms with Crippen molar-refractivity contribution >= 4 is 0 Å². The van der Waals surface area contributed by atoms with Gasteiger partial charge < -0.3 is 14.4 Å². The topological polar surface area (TPSA) is 68.4 Å². The van der Waals surface area contributed by atoms with E-state index in [9.17, 15) is 5.11 Å². The monoisotopic (exact) mass is 274 g/mol. The van der Waals surface area contributed by atoms with Gasteiger partial charge in [-0.3, -0.25) is 0 Å². The van der Waals surface area contributed by atoms with E-state index in [1.54, 1.807) is 6.92 Å². The SMILES string of the molecule is Cc1cc([C@@H](C)O)ccc1OCc1noc(C2CC2)n1. The number of hydrogen-bond acceptors (Lipinski definition) is 5. The zero-order valence-electron chi connectivity index (χ0n) is 11.7. The van der Waals surface area contributed by atoms with E-state index < -0.39 is 6.10 Å². The molecule has 0 unspecified atom stereocenters. The Labute approximate surface area is 117 Å². The van der Waals surface area contributed by atoms with Crippen LogP contribution in [-0.2, 0) is 6.61 Å². The quantitative estimate of drug-likeness (QED) is 0.908. The average Bonchev–Trinajstić information content (AvgIpc) is 3.17. The van der Waals surface area contributed by atoms with Gasteiger partial charge in [0.25, 0.3) is 0 Å². The molecular formula is C15H18N2O3. The molecule has 1 aliphatic rings. The molecule has 1 aliphatic carbocycles. The van der Waals surface area contributed by atoms with Gasteiger partial charge in [0.15, 0.2) is 6.61 Å². The van der Waals surface area contributed by atoms with E-state index in [0.717, 1.165) is 35.6 Å². The highest BCUT2D eigenvalue weighted by molar-refractivity contribution is 5.36. The second-order valence-electron chi connectivity index (χ2n) is 5.31. The van der Waals surface area contributed by atoms with E-state index in [0.29, 0.717) is 18.3 Å². The number of aliphatic hydroxyl groups excluding tert-OH is 1. The van der Waals surface area contributed by atoms with Crippen molar-refractivity contribution in [1.82, 2.24) is 10.1 Å². The van der Waals surface area contributed by atoms with Gasteiger partial charge in [-0.15, -0.1) is 0 Å². The maximum absolute atomic E-state index is 9.53. The van der Waals surface area contributed by atoms with Crippen molar-refractivity contribution in [3.8, 4) is 5.75 Å². The molecule has 1 N–H and O–H groups in total. The molecule has 0 amide bonds. The third-order valence-electron chi connectivity index (χ3n) is 3.45. The lowest BCUT2D eigenvalue weighted by Crippen LogP contribution is -2.00. The molecule has 0 radical (unpaired) electrons. The van der Waals surface area contributed by atoms with Gasteiger partial charge in [-0.05, 0) is 49.9 Å². The van der Waals surface area contributed by atoms with Crippen molar-refractivity contribution < 1.29 is 14.4 Å². The van der Waals surface area contributed by atoms with Crippen LogP contribution in [0.1, 0.15) is 54.6 Å². The molecule has 1 atom stereocenters. The van der Waals surface area contributed by atoms with Gasteiger partial charge in [-0.2, -0.15) is 4.98 Å². The molecule has 0 aliphatic heterocycles. The number of aryl methyl sites for hydroxylation is 1. The zero-order valence-corrected chi connectivity index (χ0v) is 11.7. The molecule has 2 aromatic rings. The highest BCUT2D eigenvalue weighted by Gasteiger charge is 2.29. The average molecular weight is 274 g/mol. The molecule has 1 fully saturated rings. The van der Waals surface area contributed by atoms with Crippen LogP contribution in [0.4, 0.5) is 0 Å². The summed E-state index contributed by atoms with van der Waals surface area (Å²) >= 11 is 0. The molecule has 5 nitrogen and oxygen atoms in total. The molecule has 5 heteroatoms. The molecule has 20 heavy (non-hydrogen) atoms. The Kier molecular flexibility index (Phi) is 3.44. The first-order valence-corrected chi connectivity index (χ1v) is 6.87. The molecule has 1 aromatic carbocycles. The number of aliphatic hydroxyl groups is 1. The summed E-state index contributed by atoms with van der Waals surface area (Å²) in [5, 5.41) is 13.5. The summed E-state index contributed by atoms with van der Waals surface area (Å²) in [6, 6.07) is 5.64. The van der Waals surface area contributed by atoms with Gasteiger partial charge in [-0.25, -0.2) is 0 Å². The molecule has 1 aromatic heterocycles. The van der Waals surface area contributed by atoms with Crippen LogP contribution in [0.2, 0.25) is 0 Å². The summed E-state index contributed by atoms with van der Waals surface area (Å²) in [4.78, 5) is 4.32. The largest absolute Gasteiger partial charge is 0.485 e. The van der Waals surface area contributed by atoms with Crippen LogP contribution in [0.25, 0.3) is 0 Å². The van der Waals surface area contributed by atoms with Gasteiger partial charge in [-0.1, -0.05) is 11.2 Å². The summed E-state index contributed by atoms with van der Waals surface area (Å²) < 4.78 is 10.9. The van der Waals surface area contributed by atoms with Crippen molar-refractivity contribution in [3.05, 3.63) is 41.0 Å². The Balaban J connectivity index is 1.65. The fraction of sp³-hybridized carbons (Fsp3) is 0.467. The van der Waals surface area contributed by atoms with Crippen LogP contribution in [0, 0.1) is 6.92 Å². The third-order valence-corrected chi connectivity index (χ3v) is 3.45. The minimum Gasteiger partial charge on any atom is -0.485 e. The molecule has 1 saturated carbocycles. The molecular weight excluding hydrogens is 256 g/mol. The molecule has 0 spiro atoms. The first-order valence-electron chi connectivity index (χ1n) is 6.87. The second-order valence-corrected chi connectivity index (χ2v) is 5.31. The van der Waals surface area contributed by atoms with E-state index in [-0.39, 0.29) is 0 Å². The van der Waals surface area contributed by atoms with Crippen LogP contribution >= 0.6 is 0 Å². The van der Waals surface area contributed by atoms with E-state index in [1.807, 2.05) is 25.1 Å². The van der Waals surface area contributed by atoms with E-state index in [1.165, 1.54) is 0 Å². The number of hydrogen-bond donors (Lipinski definition) is 1. The lowest BCUT2D eigenvalue weighted by atomic mass is 10.1. The van der Waals surface area contributed by atoms with E-state index >= 15 is 0 Å². The van der Waals surface area contributed by atoms with Gasteiger partial charge in [0, 0.05) is 5.92 Å². The van der Waals surface area contributed by atoms with Crippen molar-refractivity contribution in [2.75, 3.05) is 0 Å². The maximum atomic E-state index is 9.53. The maximum Gasteiger partial charge on any atom is 0.229 e. The number of ether oxygens (including phenoxy) is 1. The molecule has 106 valence electrons. The van der Waals surface area contributed by atoms with Crippen molar-refractivity contribution in [3.63, 3.8) is 0 Å². The number of nitrogens with zero attached hydrogens (tertiary/aromatic N) is 2. The summed E-state index contributed by atoms with van der Waals surface area (Å²) in [6.07, 6.45) is 1.81. The first kappa shape index (κ1) is 13.1. The van der Waals surface area contributed by atoms with Crippen LogP contribution in [-0.4, -0.2) is 15.2 Å². The van der Waals surface area contributed by atoms with E-state index in [2.05, 4.69) is 10.1 Å². The van der Waals surface area contributed by atoms with Gasteiger partial charge in [0.05, 0.1) is 6.10 Å².